The lowest BCUT2D eigenvalue weighted by atomic mass is 9.74. The minimum absolute atomic E-state index is 0.628. The number of rotatable bonds is 0. The molecule has 17 heavy (non-hydrogen) atoms. The first-order valence-electron chi connectivity index (χ1n) is 5.67. The molecule has 0 bridgehead atoms. The molecule has 1 nitrogen and oxygen atoms in total. The highest BCUT2D eigenvalue weighted by Crippen LogP contribution is 2.38. The normalized spacial score (nSPS) is 20.8. The molecule has 1 aliphatic rings. The SMILES string of the molecule is O[C@@]1(C#Cc2ccccc2)Cc2ccccc21. The van der Waals surface area contributed by atoms with Gasteiger partial charge in [-0.1, -0.05) is 54.3 Å². The molecule has 1 atom stereocenters. The van der Waals surface area contributed by atoms with Crippen molar-refractivity contribution in [1.82, 2.24) is 0 Å². The summed E-state index contributed by atoms with van der Waals surface area (Å²) in [6.45, 7) is 0. The van der Waals surface area contributed by atoms with E-state index >= 15 is 0 Å². The maximum absolute atomic E-state index is 10.3. The molecule has 1 N–H and O–H groups in total. The first-order chi connectivity index (χ1) is 8.28. The molecule has 0 radical (unpaired) electrons. The third-order valence-corrected chi connectivity index (χ3v) is 3.10. The van der Waals surface area contributed by atoms with Crippen LogP contribution in [0.2, 0.25) is 0 Å². The maximum Gasteiger partial charge on any atom is 0.155 e. The van der Waals surface area contributed by atoms with Crippen molar-refractivity contribution in [3.05, 3.63) is 71.3 Å². The first-order valence-corrected chi connectivity index (χ1v) is 5.67. The summed E-state index contributed by atoms with van der Waals surface area (Å²) in [5.74, 6) is 6.00. The van der Waals surface area contributed by atoms with Crippen molar-refractivity contribution >= 4 is 0 Å². The first kappa shape index (κ1) is 10.1. The van der Waals surface area contributed by atoms with E-state index in [1.807, 2.05) is 54.6 Å². The molecular weight excluding hydrogens is 208 g/mol. The molecule has 0 heterocycles. The summed E-state index contributed by atoms with van der Waals surface area (Å²) in [6, 6.07) is 17.6. The van der Waals surface area contributed by atoms with Gasteiger partial charge in [-0.3, -0.25) is 0 Å². The highest BCUT2D eigenvalue weighted by molar-refractivity contribution is 5.50. The second-order valence-electron chi connectivity index (χ2n) is 4.31. The lowest BCUT2D eigenvalue weighted by molar-refractivity contribution is 0.0756. The van der Waals surface area contributed by atoms with E-state index in [9.17, 15) is 5.11 Å². The van der Waals surface area contributed by atoms with Gasteiger partial charge in [-0.15, -0.1) is 0 Å². The van der Waals surface area contributed by atoms with Crippen molar-refractivity contribution in [3.63, 3.8) is 0 Å². The Hall–Kier alpha value is -2.04. The summed E-state index contributed by atoms with van der Waals surface area (Å²) < 4.78 is 0. The number of benzene rings is 2. The largest absolute Gasteiger partial charge is 0.373 e. The molecular formula is C16H12O. The van der Waals surface area contributed by atoms with Crippen LogP contribution >= 0.6 is 0 Å². The average molecular weight is 220 g/mol. The second-order valence-corrected chi connectivity index (χ2v) is 4.31. The molecule has 0 aromatic heterocycles. The van der Waals surface area contributed by atoms with E-state index < -0.39 is 5.60 Å². The van der Waals surface area contributed by atoms with Gasteiger partial charge in [0.2, 0.25) is 0 Å². The van der Waals surface area contributed by atoms with Gasteiger partial charge in [0.25, 0.3) is 0 Å². The zero-order chi connectivity index (χ0) is 11.7. The summed E-state index contributed by atoms with van der Waals surface area (Å²) in [5.41, 5.74) is 2.12. The van der Waals surface area contributed by atoms with Gasteiger partial charge in [-0.25, -0.2) is 0 Å². The highest BCUT2D eigenvalue weighted by Gasteiger charge is 2.38. The Bertz CT molecular complexity index is 604. The summed E-state index contributed by atoms with van der Waals surface area (Å²) in [7, 11) is 0. The maximum atomic E-state index is 10.3. The third kappa shape index (κ3) is 1.73. The van der Waals surface area contributed by atoms with E-state index in [-0.39, 0.29) is 0 Å². The fourth-order valence-corrected chi connectivity index (χ4v) is 2.15. The molecule has 1 heteroatoms. The smallest absolute Gasteiger partial charge is 0.155 e. The van der Waals surface area contributed by atoms with Crippen molar-refractivity contribution in [2.45, 2.75) is 12.0 Å². The molecule has 0 amide bonds. The van der Waals surface area contributed by atoms with Crippen LogP contribution in [0, 0.1) is 11.8 Å². The Balaban J connectivity index is 1.92. The molecule has 0 fully saturated rings. The predicted octanol–water partition coefficient (Wildman–Crippen LogP) is 2.48. The highest BCUT2D eigenvalue weighted by atomic mass is 16.3. The van der Waals surface area contributed by atoms with E-state index in [1.54, 1.807) is 0 Å². The Morgan fingerprint density at radius 3 is 2.41 bits per heavy atom. The number of hydrogen-bond acceptors (Lipinski definition) is 1. The molecule has 1 aliphatic carbocycles. The monoisotopic (exact) mass is 220 g/mol. The molecule has 0 unspecified atom stereocenters. The van der Waals surface area contributed by atoms with Crippen LogP contribution in [0.3, 0.4) is 0 Å². The lowest BCUT2D eigenvalue weighted by Crippen LogP contribution is -2.37. The van der Waals surface area contributed by atoms with Crippen LogP contribution < -0.4 is 0 Å². The van der Waals surface area contributed by atoms with Crippen LogP contribution in [-0.4, -0.2) is 5.11 Å². The standard InChI is InChI=1S/C16H12O/c17-16(11-10-13-6-2-1-3-7-13)12-14-8-4-5-9-15(14)16/h1-9,17H,12H2/t16-/m0/s1. The van der Waals surface area contributed by atoms with Gasteiger partial charge in [-0.05, 0) is 23.3 Å². The second kappa shape index (κ2) is 3.76. The number of aliphatic hydroxyl groups is 1. The van der Waals surface area contributed by atoms with Gasteiger partial charge >= 0.3 is 0 Å². The molecule has 0 saturated heterocycles. The van der Waals surface area contributed by atoms with E-state index in [0.29, 0.717) is 6.42 Å². The van der Waals surface area contributed by atoms with Crippen molar-refractivity contribution in [1.29, 1.82) is 0 Å². The molecule has 2 aromatic carbocycles. The zero-order valence-electron chi connectivity index (χ0n) is 9.35. The zero-order valence-corrected chi connectivity index (χ0v) is 9.35. The molecule has 0 saturated carbocycles. The summed E-state index contributed by atoms with van der Waals surface area (Å²) >= 11 is 0. The van der Waals surface area contributed by atoms with Gasteiger partial charge in [0.05, 0.1) is 0 Å². The Kier molecular flexibility index (Phi) is 2.24. The van der Waals surface area contributed by atoms with Crippen molar-refractivity contribution in [3.8, 4) is 11.8 Å². The van der Waals surface area contributed by atoms with Crippen molar-refractivity contribution < 1.29 is 5.11 Å². The number of fused-ring (bicyclic) bond motifs is 1. The fourth-order valence-electron chi connectivity index (χ4n) is 2.15. The van der Waals surface area contributed by atoms with Crippen LogP contribution in [0.4, 0.5) is 0 Å². The van der Waals surface area contributed by atoms with Gasteiger partial charge in [-0.2, -0.15) is 0 Å². The van der Waals surface area contributed by atoms with Gasteiger partial charge in [0.1, 0.15) is 0 Å². The summed E-state index contributed by atoms with van der Waals surface area (Å²) in [5, 5.41) is 10.3. The lowest BCUT2D eigenvalue weighted by Gasteiger charge is -2.34. The fraction of sp³-hybridized carbons (Fsp3) is 0.125. The molecule has 3 rings (SSSR count). The summed E-state index contributed by atoms with van der Waals surface area (Å²) in [4.78, 5) is 0. The van der Waals surface area contributed by atoms with Crippen LogP contribution in [-0.2, 0) is 12.0 Å². The predicted molar refractivity (Wildman–Crippen MR) is 67.4 cm³/mol. The Morgan fingerprint density at radius 2 is 1.65 bits per heavy atom. The van der Waals surface area contributed by atoms with Crippen LogP contribution in [0.15, 0.2) is 54.6 Å². The van der Waals surface area contributed by atoms with Crippen molar-refractivity contribution in [2.75, 3.05) is 0 Å². The minimum Gasteiger partial charge on any atom is -0.373 e. The quantitative estimate of drug-likeness (QED) is 0.676. The molecule has 0 spiro atoms. The van der Waals surface area contributed by atoms with Crippen molar-refractivity contribution in [2.24, 2.45) is 0 Å². The molecule has 82 valence electrons. The van der Waals surface area contributed by atoms with E-state index in [2.05, 4.69) is 11.8 Å². The minimum atomic E-state index is -0.952. The Labute approximate surface area is 101 Å². The van der Waals surface area contributed by atoms with Crippen LogP contribution in [0.5, 0.6) is 0 Å². The number of hydrogen-bond donors (Lipinski definition) is 1. The third-order valence-electron chi connectivity index (χ3n) is 3.10. The van der Waals surface area contributed by atoms with E-state index in [0.717, 1.165) is 11.1 Å². The van der Waals surface area contributed by atoms with E-state index in [4.69, 9.17) is 0 Å². The molecule has 2 aromatic rings. The molecule has 0 aliphatic heterocycles. The van der Waals surface area contributed by atoms with Crippen LogP contribution in [0.1, 0.15) is 16.7 Å². The van der Waals surface area contributed by atoms with Gasteiger partial charge < -0.3 is 5.11 Å². The van der Waals surface area contributed by atoms with Gasteiger partial charge in [0, 0.05) is 12.0 Å². The topological polar surface area (TPSA) is 20.2 Å². The average Bonchev–Trinajstić information content (AvgIpc) is 2.37. The van der Waals surface area contributed by atoms with Gasteiger partial charge in [0.15, 0.2) is 5.60 Å². The van der Waals surface area contributed by atoms with E-state index in [1.165, 1.54) is 5.56 Å². The van der Waals surface area contributed by atoms with Crippen LogP contribution in [0.25, 0.3) is 0 Å². The Morgan fingerprint density at radius 1 is 0.941 bits per heavy atom. The summed E-state index contributed by atoms with van der Waals surface area (Å²) in [6.07, 6.45) is 0.628.